The third-order valence-electron chi connectivity index (χ3n) is 4.72. The van der Waals surface area contributed by atoms with Crippen LogP contribution >= 0.6 is 24.0 Å². The molecule has 0 aliphatic carbocycles. The standard InChI is InChI=1S/C16H20ClF3N4O.ClH/c17-13-9-12(16(18,19)20)10-22-14(13)23-5-1-11(2-6-23)15(25)24-7-3-21-4-8-24;/h9-11,21H,1-8H2;1H. The van der Waals surface area contributed by atoms with Gasteiger partial charge in [-0.2, -0.15) is 13.2 Å². The number of hydrogen-bond acceptors (Lipinski definition) is 4. The summed E-state index contributed by atoms with van der Waals surface area (Å²) in [4.78, 5) is 20.2. The van der Waals surface area contributed by atoms with E-state index in [-0.39, 0.29) is 29.3 Å². The quantitative estimate of drug-likeness (QED) is 0.811. The van der Waals surface area contributed by atoms with Gasteiger partial charge in [-0.05, 0) is 18.9 Å². The Morgan fingerprint density at radius 3 is 2.35 bits per heavy atom. The lowest BCUT2D eigenvalue weighted by Crippen LogP contribution is -2.50. The fourth-order valence-corrected chi connectivity index (χ4v) is 3.59. The summed E-state index contributed by atoms with van der Waals surface area (Å²) in [6.45, 7) is 4.20. The molecule has 5 nitrogen and oxygen atoms in total. The lowest BCUT2D eigenvalue weighted by atomic mass is 9.95. The molecule has 10 heteroatoms. The minimum Gasteiger partial charge on any atom is -0.355 e. The third-order valence-corrected chi connectivity index (χ3v) is 5.00. The van der Waals surface area contributed by atoms with Crippen molar-refractivity contribution in [2.45, 2.75) is 19.0 Å². The highest BCUT2D eigenvalue weighted by molar-refractivity contribution is 6.33. The molecule has 0 radical (unpaired) electrons. The van der Waals surface area contributed by atoms with Crippen LogP contribution in [0.15, 0.2) is 12.3 Å². The molecule has 2 fully saturated rings. The molecule has 0 bridgehead atoms. The Bertz CT molecular complexity index is 630. The maximum Gasteiger partial charge on any atom is 0.417 e. The van der Waals surface area contributed by atoms with Gasteiger partial charge in [0.15, 0.2) is 0 Å². The molecule has 0 atom stereocenters. The molecular weight excluding hydrogens is 392 g/mol. The topological polar surface area (TPSA) is 48.5 Å². The molecule has 2 aliphatic heterocycles. The lowest BCUT2D eigenvalue weighted by molar-refractivity contribution is -0.138. The van der Waals surface area contributed by atoms with Gasteiger partial charge in [0.25, 0.3) is 0 Å². The Labute approximate surface area is 161 Å². The molecular formula is C16H21Cl2F3N4O. The van der Waals surface area contributed by atoms with Crippen LogP contribution in [0, 0.1) is 5.92 Å². The number of nitrogens with zero attached hydrogens (tertiary/aromatic N) is 3. The van der Waals surface area contributed by atoms with E-state index in [0.717, 1.165) is 38.4 Å². The highest BCUT2D eigenvalue weighted by Gasteiger charge is 2.33. The number of carbonyl (C=O) groups excluding carboxylic acids is 1. The predicted octanol–water partition coefficient (Wildman–Crippen LogP) is 2.82. The SMILES string of the molecule is Cl.O=C(C1CCN(c2ncc(C(F)(F)F)cc2Cl)CC1)N1CCNCC1. The Balaban J connectivity index is 0.00000243. The first kappa shape index (κ1) is 21.1. The van der Waals surface area contributed by atoms with E-state index in [1.54, 1.807) is 0 Å². The second-order valence-electron chi connectivity index (χ2n) is 6.36. The minimum atomic E-state index is -4.46. The normalized spacial score (nSPS) is 19.2. The number of aromatic nitrogens is 1. The molecule has 146 valence electrons. The molecule has 2 saturated heterocycles. The average molecular weight is 413 g/mol. The van der Waals surface area contributed by atoms with Crippen LogP contribution in [0.2, 0.25) is 5.02 Å². The highest BCUT2D eigenvalue weighted by Crippen LogP contribution is 2.34. The van der Waals surface area contributed by atoms with Crippen molar-refractivity contribution in [2.24, 2.45) is 5.92 Å². The van der Waals surface area contributed by atoms with Gasteiger partial charge in [0.1, 0.15) is 5.82 Å². The molecule has 26 heavy (non-hydrogen) atoms. The molecule has 2 aliphatic rings. The van der Waals surface area contributed by atoms with E-state index < -0.39 is 11.7 Å². The number of piperidine rings is 1. The van der Waals surface area contributed by atoms with Gasteiger partial charge < -0.3 is 15.1 Å². The minimum absolute atomic E-state index is 0. The summed E-state index contributed by atoms with van der Waals surface area (Å²) in [6, 6.07) is 0.905. The van der Waals surface area contributed by atoms with Crippen molar-refractivity contribution in [3.63, 3.8) is 0 Å². The van der Waals surface area contributed by atoms with Crippen LogP contribution in [-0.2, 0) is 11.0 Å². The number of piperazine rings is 1. The molecule has 1 N–H and O–H groups in total. The van der Waals surface area contributed by atoms with Gasteiger partial charge >= 0.3 is 6.18 Å². The van der Waals surface area contributed by atoms with Gasteiger partial charge in [-0.1, -0.05) is 11.6 Å². The smallest absolute Gasteiger partial charge is 0.355 e. The van der Waals surface area contributed by atoms with Crippen LogP contribution in [0.4, 0.5) is 19.0 Å². The summed E-state index contributed by atoms with van der Waals surface area (Å²) in [6.07, 6.45) is -2.35. The number of anilines is 1. The summed E-state index contributed by atoms with van der Waals surface area (Å²) >= 11 is 6.00. The van der Waals surface area contributed by atoms with Gasteiger partial charge in [-0.25, -0.2) is 4.98 Å². The molecule has 3 heterocycles. The van der Waals surface area contributed by atoms with E-state index in [1.165, 1.54) is 0 Å². The van der Waals surface area contributed by atoms with E-state index >= 15 is 0 Å². The molecule has 0 saturated carbocycles. The van der Waals surface area contributed by atoms with Crippen molar-refractivity contribution in [1.82, 2.24) is 15.2 Å². The summed E-state index contributed by atoms with van der Waals surface area (Å²) < 4.78 is 38.1. The summed E-state index contributed by atoms with van der Waals surface area (Å²) in [5.41, 5.74) is -0.856. The van der Waals surface area contributed by atoms with E-state index in [0.29, 0.717) is 31.7 Å². The first-order valence-electron chi connectivity index (χ1n) is 8.33. The van der Waals surface area contributed by atoms with Gasteiger partial charge in [0.05, 0.1) is 10.6 Å². The largest absolute Gasteiger partial charge is 0.417 e. The molecule has 1 amide bonds. The second kappa shape index (κ2) is 8.63. The van der Waals surface area contributed by atoms with Crippen LogP contribution < -0.4 is 10.2 Å². The zero-order chi connectivity index (χ0) is 18.0. The second-order valence-corrected chi connectivity index (χ2v) is 6.77. The van der Waals surface area contributed by atoms with Gasteiger partial charge in [-0.3, -0.25) is 4.79 Å². The van der Waals surface area contributed by atoms with Crippen molar-refractivity contribution in [3.05, 3.63) is 22.8 Å². The van der Waals surface area contributed by atoms with Crippen LogP contribution in [0.25, 0.3) is 0 Å². The van der Waals surface area contributed by atoms with Gasteiger partial charge in [-0.15, -0.1) is 12.4 Å². The number of amides is 1. The van der Waals surface area contributed by atoms with Crippen molar-refractivity contribution < 1.29 is 18.0 Å². The first-order valence-corrected chi connectivity index (χ1v) is 8.71. The van der Waals surface area contributed by atoms with E-state index in [9.17, 15) is 18.0 Å². The first-order chi connectivity index (χ1) is 11.9. The highest BCUT2D eigenvalue weighted by atomic mass is 35.5. The number of rotatable bonds is 2. The van der Waals surface area contributed by atoms with Crippen LogP contribution in [-0.4, -0.2) is 55.1 Å². The maximum absolute atomic E-state index is 12.7. The fraction of sp³-hybridized carbons (Fsp3) is 0.625. The Kier molecular flexibility index (Phi) is 6.99. The lowest BCUT2D eigenvalue weighted by Gasteiger charge is -2.36. The molecule has 1 aromatic rings. The monoisotopic (exact) mass is 412 g/mol. The van der Waals surface area contributed by atoms with Crippen molar-refractivity contribution in [2.75, 3.05) is 44.2 Å². The van der Waals surface area contributed by atoms with Crippen LogP contribution in [0.5, 0.6) is 0 Å². The van der Waals surface area contributed by atoms with Gasteiger partial charge in [0.2, 0.25) is 5.91 Å². The van der Waals surface area contributed by atoms with Gasteiger partial charge in [0, 0.05) is 51.4 Å². The molecule has 3 rings (SSSR count). The Hall–Kier alpha value is -1.25. The number of hydrogen-bond donors (Lipinski definition) is 1. The van der Waals surface area contributed by atoms with Crippen LogP contribution in [0.3, 0.4) is 0 Å². The average Bonchev–Trinajstić information content (AvgIpc) is 2.61. The Morgan fingerprint density at radius 2 is 1.81 bits per heavy atom. The summed E-state index contributed by atoms with van der Waals surface area (Å²) in [7, 11) is 0. The Morgan fingerprint density at radius 1 is 1.19 bits per heavy atom. The van der Waals surface area contributed by atoms with E-state index in [1.807, 2.05) is 9.80 Å². The van der Waals surface area contributed by atoms with Crippen molar-refractivity contribution >= 4 is 35.7 Å². The zero-order valence-corrected chi connectivity index (χ0v) is 15.6. The third kappa shape index (κ3) is 4.72. The van der Waals surface area contributed by atoms with Crippen molar-refractivity contribution in [1.29, 1.82) is 0 Å². The number of pyridine rings is 1. The number of carbonyl (C=O) groups is 1. The van der Waals surface area contributed by atoms with Crippen molar-refractivity contribution in [3.8, 4) is 0 Å². The molecule has 0 unspecified atom stereocenters. The number of nitrogens with one attached hydrogen (secondary N) is 1. The molecule has 1 aromatic heterocycles. The summed E-state index contributed by atoms with van der Waals surface area (Å²) in [5, 5.41) is 3.20. The molecule has 0 spiro atoms. The van der Waals surface area contributed by atoms with E-state index in [4.69, 9.17) is 11.6 Å². The zero-order valence-electron chi connectivity index (χ0n) is 14.1. The molecule has 0 aromatic carbocycles. The number of halogens is 5. The fourth-order valence-electron chi connectivity index (χ4n) is 3.30. The summed E-state index contributed by atoms with van der Waals surface area (Å²) in [5.74, 6) is 0.484. The number of alkyl halides is 3. The van der Waals surface area contributed by atoms with E-state index in [2.05, 4.69) is 10.3 Å². The van der Waals surface area contributed by atoms with Crippen LogP contribution in [0.1, 0.15) is 18.4 Å². The maximum atomic E-state index is 12.7. The predicted molar refractivity (Wildman–Crippen MR) is 95.9 cm³/mol.